The molecule has 0 aliphatic carbocycles. The SMILES string of the molecule is Cc1nc2nn(Cc3ccccc3)cc2c(=O)n1CCN1CCCCC1. The first kappa shape index (κ1) is 17.0. The van der Waals surface area contributed by atoms with Crippen LogP contribution in [0.5, 0.6) is 0 Å². The summed E-state index contributed by atoms with van der Waals surface area (Å²) in [6, 6.07) is 10.1. The van der Waals surface area contributed by atoms with Crippen LogP contribution in [0.2, 0.25) is 0 Å². The van der Waals surface area contributed by atoms with Crippen LogP contribution in [0.3, 0.4) is 0 Å². The molecule has 1 aliphatic heterocycles. The van der Waals surface area contributed by atoms with E-state index >= 15 is 0 Å². The number of hydrogen-bond donors (Lipinski definition) is 0. The molecule has 0 unspecified atom stereocenters. The minimum absolute atomic E-state index is 0.0174. The number of nitrogens with zero attached hydrogens (tertiary/aromatic N) is 5. The zero-order valence-electron chi connectivity index (χ0n) is 15.3. The van der Waals surface area contributed by atoms with Gasteiger partial charge in [0.2, 0.25) is 0 Å². The minimum Gasteiger partial charge on any atom is -0.302 e. The molecular weight excluding hydrogens is 326 g/mol. The Morgan fingerprint density at radius 3 is 2.58 bits per heavy atom. The van der Waals surface area contributed by atoms with Gasteiger partial charge in [0.05, 0.1) is 6.54 Å². The second-order valence-corrected chi connectivity index (χ2v) is 7.07. The van der Waals surface area contributed by atoms with Gasteiger partial charge in [-0.3, -0.25) is 14.0 Å². The van der Waals surface area contributed by atoms with Gasteiger partial charge in [-0.15, -0.1) is 0 Å². The standard InChI is InChI=1S/C20H25N5O/c1-16-21-19-18(15-24(22-19)14-17-8-4-2-5-9-17)20(26)25(16)13-12-23-10-6-3-7-11-23/h2,4-5,8-9,15H,3,6-7,10-14H2,1H3. The fraction of sp³-hybridized carbons (Fsp3) is 0.450. The minimum atomic E-state index is 0.0174. The quantitative estimate of drug-likeness (QED) is 0.708. The van der Waals surface area contributed by atoms with E-state index in [-0.39, 0.29) is 5.56 Å². The van der Waals surface area contributed by atoms with Crippen molar-refractivity contribution >= 4 is 11.0 Å². The highest BCUT2D eigenvalue weighted by atomic mass is 16.1. The Morgan fingerprint density at radius 1 is 1.04 bits per heavy atom. The van der Waals surface area contributed by atoms with E-state index in [4.69, 9.17) is 0 Å². The van der Waals surface area contributed by atoms with Crippen LogP contribution in [0, 0.1) is 6.92 Å². The van der Waals surface area contributed by atoms with E-state index in [0.29, 0.717) is 24.1 Å². The summed E-state index contributed by atoms with van der Waals surface area (Å²) in [5, 5.41) is 5.10. The first-order chi connectivity index (χ1) is 12.7. The van der Waals surface area contributed by atoms with Crippen LogP contribution in [0.4, 0.5) is 0 Å². The Balaban J connectivity index is 1.57. The Hall–Kier alpha value is -2.47. The number of aromatic nitrogens is 4. The third-order valence-electron chi connectivity index (χ3n) is 5.15. The van der Waals surface area contributed by atoms with Crippen LogP contribution in [0.1, 0.15) is 30.7 Å². The maximum absolute atomic E-state index is 12.9. The molecule has 0 spiro atoms. The third kappa shape index (κ3) is 3.55. The van der Waals surface area contributed by atoms with Gasteiger partial charge in [0, 0.05) is 19.3 Å². The van der Waals surface area contributed by atoms with Crippen molar-refractivity contribution in [3.05, 3.63) is 58.3 Å². The maximum Gasteiger partial charge on any atom is 0.264 e. The monoisotopic (exact) mass is 351 g/mol. The molecule has 0 atom stereocenters. The van der Waals surface area contributed by atoms with E-state index in [0.717, 1.165) is 31.0 Å². The zero-order valence-corrected chi connectivity index (χ0v) is 15.3. The molecule has 2 aromatic heterocycles. The number of piperidine rings is 1. The van der Waals surface area contributed by atoms with E-state index in [1.54, 1.807) is 4.57 Å². The van der Waals surface area contributed by atoms with Crippen molar-refractivity contribution < 1.29 is 0 Å². The molecule has 4 rings (SSSR count). The lowest BCUT2D eigenvalue weighted by molar-refractivity contribution is 0.219. The van der Waals surface area contributed by atoms with Gasteiger partial charge in [-0.05, 0) is 38.4 Å². The second-order valence-electron chi connectivity index (χ2n) is 7.07. The summed E-state index contributed by atoms with van der Waals surface area (Å²) in [5.41, 5.74) is 1.71. The largest absolute Gasteiger partial charge is 0.302 e. The Kier molecular flexibility index (Phi) is 4.84. The molecule has 6 heteroatoms. The molecule has 1 fully saturated rings. The highest BCUT2D eigenvalue weighted by molar-refractivity contribution is 5.72. The molecule has 3 aromatic rings. The fourth-order valence-electron chi connectivity index (χ4n) is 3.69. The molecule has 6 nitrogen and oxygen atoms in total. The number of hydrogen-bond acceptors (Lipinski definition) is 4. The van der Waals surface area contributed by atoms with Gasteiger partial charge in [0.1, 0.15) is 11.2 Å². The first-order valence-electron chi connectivity index (χ1n) is 9.41. The highest BCUT2D eigenvalue weighted by Crippen LogP contribution is 2.11. The van der Waals surface area contributed by atoms with Gasteiger partial charge in [0.15, 0.2) is 5.65 Å². The molecule has 3 heterocycles. The van der Waals surface area contributed by atoms with Crippen molar-refractivity contribution in [2.45, 2.75) is 39.3 Å². The van der Waals surface area contributed by atoms with Gasteiger partial charge in [-0.25, -0.2) is 4.98 Å². The predicted molar refractivity (Wildman–Crippen MR) is 102 cm³/mol. The van der Waals surface area contributed by atoms with E-state index in [1.807, 2.05) is 36.0 Å². The average molecular weight is 351 g/mol. The van der Waals surface area contributed by atoms with Crippen LogP contribution < -0.4 is 5.56 Å². The van der Waals surface area contributed by atoms with Crippen molar-refractivity contribution in [3.8, 4) is 0 Å². The van der Waals surface area contributed by atoms with Crippen molar-refractivity contribution in [2.75, 3.05) is 19.6 Å². The number of likely N-dealkylation sites (tertiary alicyclic amines) is 1. The number of rotatable bonds is 5. The third-order valence-corrected chi connectivity index (χ3v) is 5.15. The summed E-state index contributed by atoms with van der Waals surface area (Å²) in [7, 11) is 0. The lowest BCUT2D eigenvalue weighted by Crippen LogP contribution is -2.35. The Bertz CT molecular complexity index is 938. The van der Waals surface area contributed by atoms with Crippen molar-refractivity contribution in [1.29, 1.82) is 0 Å². The molecule has 0 saturated carbocycles. The highest BCUT2D eigenvalue weighted by Gasteiger charge is 2.14. The van der Waals surface area contributed by atoms with Crippen molar-refractivity contribution in [3.63, 3.8) is 0 Å². The summed E-state index contributed by atoms with van der Waals surface area (Å²) in [5.74, 6) is 0.740. The lowest BCUT2D eigenvalue weighted by atomic mass is 10.1. The van der Waals surface area contributed by atoms with Crippen LogP contribution in [0.15, 0.2) is 41.3 Å². The van der Waals surface area contributed by atoms with Crippen LogP contribution >= 0.6 is 0 Å². The Labute approximate surface area is 153 Å². The summed E-state index contributed by atoms with van der Waals surface area (Å²) in [4.78, 5) is 20.0. The summed E-state index contributed by atoms with van der Waals surface area (Å²) in [6.45, 7) is 6.41. The van der Waals surface area contributed by atoms with Crippen LogP contribution in [0.25, 0.3) is 11.0 Å². The molecular formula is C20H25N5O. The van der Waals surface area contributed by atoms with Crippen LogP contribution in [-0.2, 0) is 13.1 Å². The van der Waals surface area contributed by atoms with E-state index in [2.05, 4.69) is 27.1 Å². The second kappa shape index (κ2) is 7.41. The smallest absolute Gasteiger partial charge is 0.264 e. The first-order valence-corrected chi connectivity index (χ1v) is 9.41. The van der Waals surface area contributed by atoms with Gasteiger partial charge in [0.25, 0.3) is 5.56 Å². The summed E-state index contributed by atoms with van der Waals surface area (Å²) >= 11 is 0. The summed E-state index contributed by atoms with van der Waals surface area (Å²) in [6.07, 6.45) is 5.67. The van der Waals surface area contributed by atoms with Gasteiger partial charge in [-0.2, -0.15) is 5.10 Å². The molecule has 1 aliphatic rings. The molecule has 1 aromatic carbocycles. The molecule has 1 saturated heterocycles. The van der Waals surface area contributed by atoms with E-state index in [1.165, 1.54) is 19.3 Å². The normalized spacial score (nSPS) is 15.6. The number of benzene rings is 1. The predicted octanol–water partition coefficient (Wildman–Crippen LogP) is 2.44. The summed E-state index contributed by atoms with van der Waals surface area (Å²) < 4.78 is 3.61. The zero-order chi connectivity index (χ0) is 17.9. The molecule has 136 valence electrons. The molecule has 26 heavy (non-hydrogen) atoms. The number of aryl methyl sites for hydroxylation is 1. The average Bonchev–Trinajstić information content (AvgIpc) is 3.05. The topological polar surface area (TPSA) is 56.0 Å². The van der Waals surface area contributed by atoms with Gasteiger partial charge < -0.3 is 4.90 Å². The van der Waals surface area contributed by atoms with Gasteiger partial charge in [-0.1, -0.05) is 36.8 Å². The van der Waals surface area contributed by atoms with E-state index < -0.39 is 0 Å². The molecule has 0 N–H and O–H groups in total. The molecule has 0 bridgehead atoms. The number of fused-ring (bicyclic) bond motifs is 1. The van der Waals surface area contributed by atoms with Gasteiger partial charge >= 0.3 is 0 Å². The van der Waals surface area contributed by atoms with E-state index in [9.17, 15) is 4.79 Å². The van der Waals surface area contributed by atoms with Crippen molar-refractivity contribution in [1.82, 2.24) is 24.2 Å². The maximum atomic E-state index is 12.9. The fourth-order valence-corrected chi connectivity index (χ4v) is 3.69. The van der Waals surface area contributed by atoms with Crippen molar-refractivity contribution in [2.24, 2.45) is 0 Å². The van der Waals surface area contributed by atoms with Crippen LogP contribution in [-0.4, -0.2) is 43.9 Å². The molecule has 0 amide bonds. The lowest BCUT2D eigenvalue weighted by Gasteiger charge is -2.26. The Morgan fingerprint density at radius 2 is 1.81 bits per heavy atom. The molecule has 0 radical (unpaired) electrons.